The molecule has 1 aromatic carbocycles. The molecule has 2 aromatic rings. The van der Waals surface area contributed by atoms with E-state index in [1.165, 1.54) is 0 Å². The Labute approximate surface area is 107 Å². The van der Waals surface area contributed by atoms with Crippen molar-refractivity contribution in [3.05, 3.63) is 36.5 Å². The second-order valence-corrected chi connectivity index (χ2v) is 5.94. The van der Waals surface area contributed by atoms with Gasteiger partial charge in [0.05, 0.1) is 5.52 Å². The average molecular weight is 264 g/mol. The Morgan fingerprint density at radius 2 is 2.00 bits per heavy atom. The Kier molecular flexibility index (Phi) is 3.63. The molecule has 0 aliphatic heterocycles. The summed E-state index contributed by atoms with van der Waals surface area (Å²) in [4.78, 5) is 4.40. The largest absolute Gasteiger partial charge is 0.255 e. The number of sulfonamides is 1. The molecule has 1 aromatic heterocycles. The smallest absolute Gasteiger partial charge is 0.242 e. The Morgan fingerprint density at radius 3 is 2.72 bits per heavy atom. The SMILES string of the molecule is CCC(C)NS(=O)(=O)c1cccc2cccnc12. The quantitative estimate of drug-likeness (QED) is 0.922. The van der Waals surface area contributed by atoms with E-state index in [-0.39, 0.29) is 10.9 Å². The maximum atomic E-state index is 12.3. The third-order valence-corrected chi connectivity index (χ3v) is 4.48. The topological polar surface area (TPSA) is 59.1 Å². The number of fused-ring (bicyclic) bond motifs is 1. The Hall–Kier alpha value is -1.46. The molecule has 0 saturated heterocycles. The summed E-state index contributed by atoms with van der Waals surface area (Å²) in [6.45, 7) is 3.78. The highest BCUT2D eigenvalue weighted by Gasteiger charge is 2.19. The fourth-order valence-electron chi connectivity index (χ4n) is 1.70. The van der Waals surface area contributed by atoms with E-state index in [0.717, 1.165) is 11.8 Å². The molecule has 1 heterocycles. The van der Waals surface area contributed by atoms with Crippen LogP contribution in [0, 0.1) is 0 Å². The van der Waals surface area contributed by atoms with E-state index in [9.17, 15) is 8.42 Å². The van der Waals surface area contributed by atoms with Gasteiger partial charge in [0.25, 0.3) is 0 Å². The first kappa shape index (κ1) is 13.0. The molecule has 0 saturated carbocycles. The number of hydrogen-bond donors (Lipinski definition) is 1. The molecule has 96 valence electrons. The average Bonchev–Trinajstić information content (AvgIpc) is 2.37. The molecule has 18 heavy (non-hydrogen) atoms. The molecule has 0 amide bonds. The van der Waals surface area contributed by atoms with E-state index < -0.39 is 10.0 Å². The van der Waals surface area contributed by atoms with Gasteiger partial charge in [-0.05, 0) is 25.5 Å². The lowest BCUT2D eigenvalue weighted by Gasteiger charge is -2.13. The summed E-state index contributed by atoms with van der Waals surface area (Å²) in [5, 5.41) is 0.824. The Bertz CT molecular complexity index is 648. The van der Waals surface area contributed by atoms with E-state index >= 15 is 0 Å². The maximum absolute atomic E-state index is 12.3. The number of hydrogen-bond acceptors (Lipinski definition) is 3. The van der Waals surface area contributed by atoms with Gasteiger partial charge in [-0.1, -0.05) is 25.1 Å². The third kappa shape index (κ3) is 2.52. The number of aromatic nitrogens is 1. The van der Waals surface area contributed by atoms with E-state index in [0.29, 0.717) is 5.52 Å². The predicted octanol–water partition coefficient (Wildman–Crippen LogP) is 2.31. The van der Waals surface area contributed by atoms with Gasteiger partial charge in [0, 0.05) is 17.6 Å². The predicted molar refractivity (Wildman–Crippen MR) is 71.8 cm³/mol. The van der Waals surface area contributed by atoms with Gasteiger partial charge in [-0.15, -0.1) is 0 Å². The highest BCUT2D eigenvalue weighted by Crippen LogP contribution is 2.20. The standard InChI is InChI=1S/C13H16N2O2S/c1-3-10(2)15-18(16,17)12-8-4-6-11-7-5-9-14-13(11)12/h4-10,15H,3H2,1-2H3. The molecule has 1 N–H and O–H groups in total. The van der Waals surface area contributed by atoms with Crippen molar-refractivity contribution in [2.24, 2.45) is 0 Å². The van der Waals surface area contributed by atoms with Crippen LogP contribution in [0.3, 0.4) is 0 Å². The second kappa shape index (κ2) is 5.04. The van der Waals surface area contributed by atoms with Gasteiger partial charge in [0.2, 0.25) is 10.0 Å². The fourth-order valence-corrected chi connectivity index (χ4v) is 3.21. The summed E-state index contributed by atoms with van der Waals surface area (Å²) in [6, 6.07) is 8.72. The molecule has 5 heteroatoms. The lowest BCUT2D eigenvalue weighted by molar-refractivity contribution is 0.556. The minimum absolute atomic E-state index is 0.0889. The summed E-state index contributed by atoms with van der Waals surface area (Å²) in [5.74, 6) is 0. The van der Waals surface area contributed by atoms with Gasteiger partial charge < -0.3 is 0 Å². The van der Waals surface area contributed by atoms with Crippen LogP contribution in [0.15, 0.2) is 41.4 Å². The Morgan fingerprint density at radius 1 is 1.28 bits per heavy atom. The van der Waals surface area contributed by atoms with E-state index in [1.54, 1.807) is 24.4 Å². The van der Waals surface area contributed by atoms with Crippen LogP contribution in [0.2, 0.25) is 0 Å². The number of rotatable bonds is 4. The van der Waals surface area contributed by atoms with Crippen LogP contribution >= 0.6 is 0 Å². The molecule has 1 unspecified atom stereocenters. The molecular formula is C13H16N2O2S. The number of nitrogens with one attached hydrogen (secondary N) is 1. The zero-order valence-electron chi connectivity index (χ0n) is 10.4. The van der Waals surface area contributed by atoms with Crippen molar-refractivity contribution in [3.63, 3.8) is 0 Å². The first-order chi connectivity index (χ1) is 8.54. The molecule has 0 spiro atoms. The fraction of sp³-hybridized carbons (Fsp3) is 0.308. The normalized spacial score (nSPS) is 13.7. The van der Waals surface area contributed by atoms with Crippen molar-refractivity contribution >= 4 is 20.9 Å². The Balaban J connectivity index is 2.54. The summed E-state index contributed by atoms with van der Waals surface area (Å²) in [6.07, 6.45) is 2.35. The lowest BCUT2D eigenvalue weighted by atomic mass is 10.2. The van der Waals surface area contributed by atoms with Crippen molar-refractivity contribution in [1.29, 1.82) is 0 Å². The summed E-state index contributed by atoms with van der Waals surface area (Å²) in [5.41, 5.74) is 0.510. The molecule has 2 rings (SSSR count). The number of nitrogens with zero attached hydrogens (tertiary/aromatic N) is 1. The van der Waals surface area contributed by atoms with Crippen LogP contribution in [-0.2, 0) is 10.0 Å². The van der Waals surface area contributed by atoms with Crippen LogP contribution < -0.4 is 4.72 Å². The van der Waals surface area contributed by atoms with Crippen LogP contribution in [0.5, 0.6) is 0 Å². The third-order valence-electron chi connectivity index (χ3n) is 2.85. The zero-order chi connectivity index (χ0) is 13.2. The molecule has 4 nitrogen and oxygen atoms in total. The number of pyridine rings is 1. The summed E-state index contributed by atoms with van der Waals surface area (Å²) in [7, 11) is -3.51. The lowest BCUT2D eigenvalue weighted by Crippen LogP contribution is -2.32. The van der Waals surface area contributed by atoms with Gasteiger partial charge in [-0.3, -0.25) is 4.98 Å². The molecule has 0 bridgehead atoms. The minimum Gasteiger partial charge on any atom is -0.255 e. The van der Waals surface area contributed by atoms with E-state index in [2.05, 4.69) is 9.71 Å². The first-order valence-electron chi connectivity index (χ1n) is 5.90. The molecule has 0 aliphatic rings. The van der Waals surface area contributed by atoms with Crippen LogP contribution in [-0.4, -0.2) is 19.4 Å². The van der Waals surface area contributed by atoms with Crippen molar-refractivity contribution in [3.8, 4) is 0 Å². The molecular weight excluding hydrogens is 248 g/mol. The van der Waals surface area contributed by atoms with Gasteiger partial charge in [-0.25, -0.2) is 13.1 Å². The van der Waals surface area contributed by atoms with Crippen LogP contribution in [0.25, 0.3) is 10.9 Å². The van der Waals surface area contributed by atoms with Gasteiger partial charge in [-0.2, -0.15) is 0 Å². The zero-order valence-corrected chi connectivity index (χ0v) is 11.2. The van der Waals surface area contributed by atoms with Crippen molar-refractivity contribution < 1.29 is 8.42 Å². The molecule has 0 radical (unpaired) electrons. The van der Waals surface area contributed by atoms with E-state index in [1.807, 2.05) is 26.0 Å². The van der Waals surface area contributed by atoms with E-state index in [4.69, 9.17) is 0 Å². The van der Waals surface area contributed by atoms with Gasteiger partial charge in [0.1, 0.15) is 4.90 Å². The highest BCUT2D eigenvalue weighted by atomic mass is 32.2. The van der Waals surface area contributed by atoms with Crippen LogP contribution in [0.4, 0.5) is 0 Å². The van der Waals surface area contributed by atoms with Crippen molar-refractivity contribution in [1.82, 2.24) is 9.71 Å². The first-order valence-corrected chi connectivity index (χ1v) is 7.39. The van der Waals surface area contributed by atoms with Crippen LogP contribution in [0.1, 0.15) is 20.3 Å². The van der Waals surface area contributed by atoms with Crippen molar-refractivity contribution in [2.75, 3.05) is 0 Å². The summed E-state index contributed by atoms with van der Waals surface area (Å²) >= 11 is 0. The van der Waals surface area contributed by atoms with Gasteiger partial charge in [0.15, 0.2) is 0 Å². The summed E-state index contributed by atoms with van der Waals surface area (Å²) < 4.78 is 27.2. The molecule has 0 fully saturated rings. The monoisotopic (exact) mass is 264 g/mol. The molecule has 0 aliphatic carbocycles. The van der Waals surface area contributed by atoms with Crippen molar-refractivity contribution in [2.45, 2.75) is 31.2 Å². The number of benzene rings is 1. The second-order valence-electron chi connectivity index (χ2n) is 4.26. The number of para-hydroxylation sites is 1. The highest BCUT2D eigenvalue weighted by molar-refractivity contribution is 7.89. The minimum atomic E-state index is -3.51. The van der Waals surface area contributed by atoms with Gasteiger partial charge >= 0.3 is 0 Å². The molecule has 1 atom stereocenters. The maximum Gasteiger partial charge on any atom is 0.242 e.